The molecule has 7 aromatic rings. The molecule has 0 radical (unpaired) electrons. The van der Waals surface area contributed by atoms with Gasteiger partial charge < -0.3 is 24.8 Å². The number of benzene rings is 3. The Hall–Kier alpha value is -0.957. The van der Waals surface area contributed by atoms with Gasteiger partial charge in [0.15, 0.2) is 0 Å². The van der Waals surface area contributed by atoms with Crippen LogP contribution in [0.2, 0.25) is 0 Å². The van der Waals surface area contributed by atoms with E-state index in [1.165, 1.54) is 46.2 Å². The third kappa shape index (κ3) is 4.87. The fraction of sp³-hybridized carbons (Fsp3) is 0. The molecule has 5 heteroatoms. The summed E-state index contributed by atoms with van der Waals surface area (Å²) in [6.07, 6.45) is 0. The number of rotatable bonds is 0. The predicted molar refractivity (Wildman–Crippen MR) is 120 cm³/mol. The standard InChI is InChI=1S/C15H9S.C9H6Br.2ClH.Zr/c1-2-11-8-12-9-14(11)15(3-1)16-13-6-4-10(12)5-7-13;10-9-6-5-7-3-1-2-4-8(7)9;;;/h1-9H;1-6H;2*1H;/q2*-1;;;+4/p-2. The van der Waals surface area contributed by atoms with Crippen LogP contribution in [0, 0.1) is 0 Å². The third-order valence-corrected chi connectivity index (χ3v) is 6.53. The van der Waals surface area contributed by atoms with Crippen LogP contribution in [-0.4, -0.2) is 0 Å². The van der Waals surface area contributed by atoms with E-state index in [2.05, 4.69) is 101 Å². The first-order valence-electron chi connectivity index (χ1n) is 8.56. The van der Waals surface area contributed by atoms with Crippen molar-refractivity contribution in [3.63, 3.8) is 0 Å². The van der Waals surface area contributed by atoms with Crippen LogP contribution in [0.1, 0.15) is 0 Å². The Morgan fingerprint density at radius 2 is 1.45 bits per heavy atom. The summed E-state index contributed by atoms with van der Waals surface area (Å²) in [4.78, 5) is 0. The van der Waals surface area contributed by atoms with E-state index in [-0.39, 0.29) is 51.0 Å². The zero-order valence-corrected chi connectivity index (χ0v) is 21.6. The summed E-state index contributed by atoms with van der Waals surface area (Å²) in [5.74, 6) is 0. The Labute approximate surface area is 213 Å². The number of hydrogen-bond donors (Lipinski definition) is 0. The van der Waals surface area contributed by atoms with Crippen LogP contribution in [-0.2, 0) is 26.2 Å². The van der Waals surface area contributed by atoms with Gasteiger partial charge in [-0.2, -0.15) is 0 Å². The molecular formula is C24H15BrCl2SZr. The molecule has 0 N–H and O–H groups in total. The Kier molecular flexibility index (Phi) is 8.70. The molecule has 0 nitrogen and oxygen atoms in total. The van der Waals surface area contributed by atoms with Crippen molar-refractivity contribution in [1.82, 2.24) is 0 Å². The molecule has 0 aliphatic rings. The molecule has 7 rings (SSSR count). The molecule has 29 heavy (non-hydrogen) atoms. The van der Waals surface area contributed by atoms with Gasteiger partial charge in [0.05, 0.1) is 0 Å². The molecule has 0 aliphatic heterocycles. The Balaban J connectivity index is 0.000000204. The predicted octanol–water partition coefficient (Wildman–Crippen LogP) is 2.25. The van der Waals surface area contributed by atoms with Crippen LogP contribution in [0.25, 0.3) is 41.7 Å². The second-order valence-electron chi connectivity index (χ2n) is 6.40. The maximum absolute atomic E-state index is 3.47. The van der Waals surface area contributed by atoms with Crippen LogP contribution in [0.4, 0.5) is 0 Å². The molecule has 142 valence electrons. The van der Waals surface area contributed by atoms with Gasteiger partial charge in [-0.1, -0.05) is 57.7 Å². The summed E-state index contributed by atoms with van der Waals surface area (Å²) in [5.41, 5.74) is 0. The van der Waals surface area contributed by atoms with Crippen LogP contribution in [0.3, 0.4) is 0 Å². The number of fused-ring (bicyclic) bond motifs is 3. The zero-order chi connectivity index (χ0) is 17.5. The van der Waals surface area contributed by atoms with Crippen LogP contribution in [0.5, 0.6) is 0 Å². The van der Waals surface area contributed by atoms with Crippen molar-refractivity contribution in [2.75, 3.05) is 0 Å². The Morgan fingerprint density at radius 3 is 2.21 bits per heavy atom. The molecule has 0 spiro atoms. The number of hydrogen-bond acceptors (Lipinski definition) is 1. The van der Waals surface area contributed by atoms with Crippen molar-refractivity contribution in [1.29, 1.82) is 0 Å². The van der Waals surface area contributed by atoms with Crippen LogP contribution in [0.15, 0.2) is 95.5 Å². The molecule has 0 aliphatic carbocycles. The van der Waals surface area contributed by atoms with E-state index in [9.17, 15) is 0 Å². The smallest absolute Gasteiger partial charge is 1.00 e. The minimum atomic E-state index is 0. The van der Waals surface area contributed by atoms with Crippen molar-refractivity contribution < 1.29 is 51.0 Å². The normalized spacial score (nSPS) is 10.1. The van der Waals surface area contributed by atoms with Crippen molar-refractivity contribution in [2.24, 2.45) is 0 Å². The van der Waals surface area contributed by atoms with Crippen molar-refractivity contribution in [3.05, 3.63) is 95.5 Å². The molecule has 2 aromatic heterocycles. The SMILES string of the molecule is Brc1c[cH-]c2ccccc12.[Cl-].[Cl-].[Zr+4].c1cc2[cH-]c3cc2c(c1)sc1ccc3cc1. The van der Waals surface area contributed by atoms with E-state index >= 15 is 0 Å². The molecule has 0 saturated heterocycles. The van der Waals surface area contributed by atoms with E-state index in [0.29, 0.717) is 0 Å². The molecule has 0 unspecified atom stereocenters. The van der Waals surface area contributed by atoms with Gasteiger partial charge in [0, 0.05) is 4.70 Å². The van der Waals surface area contributed by atoms with Crippen LogP contribution >= 0.6 is 27.3 Å². The van der Waals surface area contributed by atoms with Crippen molar-refractivity contribution >= 4 is 69.0 Å². The monoisotopic (exact) mass is 574 g/mol. The van der Waals surface area contributed by atoms with Gasteiger partial charge in [-0.25, -0.2) is 0 Å². The van der Waals surface area contributed by atoms with Gasteiger partial charge in [-0.05, 0) is 4.70 Å². The summed E-state index contributed by atoms with van der Waals surface area (Å²) < 4.78 is 3.86. The molecule has 4 bridgehead atoms. The summed E-state index contributed by atoms with van der Waals surface area (Å²) in [7, 11) is 0. The quantitative estimate of drug-likeness (QED) is 0.243. The fourth-order valence-corrected chi connectivity index (χ4v) is 4.87. The summed E-state index contributed by atoms with van der Waals surface area (Å²) in [6, 6.07) is 32.4. The maximum atomic E-state index is 3.47. The van der Waals surface area contributed by atoms with Gasteiger partial charge in [0.2, 0.25) is 0 Å². The molecular weight excluding hydrogens is 562 g/mol. The molecule has 0 saturated carbocycles. The van der Waals surface area contributed by atoms with Crippen molar-refractivity contribution in [3.8, 4) is 0 Å². The first-order valence-corrected chi connectivity index (χ1v) is 10.2. The molecule has 0 atom stereocenters. The molecule has 5 aromatic carbocycles. The van der Waals surface area contributed by atoms with Gasteiger partial charge in [-0.15, -0.1) is 97.3 Å². The molecule has 2 heterocycles. The fourth-order valence-electron chi connectivity index (χ4n) is 3.42. The zero-order valence-electron chi connectivity index (χ0n) is 15.2. The number of halogens is 3. The van der Waals surface area contributed by atoms with Crippen LogP contribution < -0.4 is 24.8 Å². The summed E-state index contributed by atoms with van der Waals surface area (Å²) >= 11 is 5.32. The third-order valence-electron chi connectivity index (χ3n) is 4.75. The minimum Gasteiger partial charge on any atom is -1.00 e. The first kappa shape index (κ1) is 24.3. The molecule has 0 amide bonds. The second-order valence-corrected chi connectivity index (χ2v) is 8.37. The second kappa shape index (κ2) is 10.4. The summed E-state index contributed by atoms with van der Waals surface area (Å²) in [6.45, 7) is 0. The van der Waals surface area contributed by atoms with E-state index in [1.807, 2.05) is 17.4 Å². The summed E-state index contributed by atoms with van der Waals surface area (Å²) in [5, 5.41) is 7.97. The Morgan fingerprint density at radius 1 is 0.724 bits per heavy atom. The van der Waals surface area contributed by atoms with Crippen molar-refractivity contribution in [2.45, 2.75) is 0 Å². The van der Waals surface area contributed by atoms with E-state index in [0.717, 1.165) is 0 Å². The van der Waals surface area contributed by atoms with Gasteiger partial charge in [0.1, 0.15) is 0 Å². The Bertz CT molecular complexity index is 1340. The van der Waals surface area contributed by atoms with Gasteiger partial charge in [-0.3, -0.25) is 0 Å². The average Bonchev–Trinajstić information content (AvgIpc) is 3.30. The van der Waals surface area contributed by atoms with Gasteiger partial charge >= 0.3 is 26.2 Å². The topological polar surface area (TPSA) is 0 Å². The average molecular weight is 577 g/mol. The first-order chi connectivity index (χ1) is 12.8. The van der Waals surface area contributed by atoms with Gasteiger partial charge in [0.25, 0.3) is 0 Å². The maximum Gasteiger partial charge on any atom is 4.00 e. The largest absolute Gasteiger partial charge is 4.00 e. The van der Waals surface area contributed by atoms with E-state index in [4.69, 9.17) is 0 Å². The van der Waals surface area contributed by atoms with E-state index in [1.54, 1.807) is 0 Å². The van der Waals surface area contributed by atoms with E-state index < -0.39 is 0 Å². The molecule has 0 fully saturated rings. The minimum absolute atomic E-state index is 0.